The third-order valence-electron chi connectivity index (χ3n) is 4.61. The van der Waals surface area contributed by atoms with Crippen LogP contribution in [0.15, 0.2) is 30.3 Å². The molecule has 20 heavy (non-hydrogen) atoms. The highest BCUT2D eigenvalue weighted by Gasteiger charge is 2.46. The van der Waals surface area contributed by atoms with Crippen LogP contribution in [-0.2, 0) is 0 Å². The molecule has 0 saturated heterocycles. The molecule has 0 radical (unpaired) electrons. The smallest absolute Gasteiger partial charge is 0.368 e. The van der Waals surface area contributed by atoms with E-state index in [1.165, 1.54) is 0 Å². The van der Waals surface area contributed by atoms with E-state index in [-0.39, 0.29) is 18.4 Å². The van der Waals surface area contributed by atoms with Gasteiger partial charge in [0.1, 0.15) is 0 Å². The molecule has 0 aromatic heterocycles. The lowest BCUT2D eigenvalue weighted by atomic mass is 9.75. The van der Waals surface area contributed by atoms with Gasteiger partial charge in [-0.3, -0.25) is 0 Å². The molecule has 1 saturated carbocycles. The Hall–Kier alpha value is -1.23. The number of anilines is 1. The van der Waals surface area contributed by atoms with Crippen LogP contribution in [0.3, 0.4) is 0 Å². The van der Waals surface area contributed by atoms with E-state index in [9.17, 15) is 13.2 Å². The number of nitrogens with zero attached hydrogens (tertiary/aromatic N) is 1. The largest absolute Gasteiger partial charge is 0.391 e. The summed E-state index contributed by atoms with van der Waals surface area (Å²) in [5, 5.41) is 0. The molecular formula is C15H21F3N2. The van der Waals surface area contributed by atoms with Crippen LogP contribution >= 0.6 is 0 Å². The van der Waals surface area contributed by atoms with Gasteiger partial charge in [-0.2, -0.15) is 13.2 Å². The van der Waals surface area contributed by atoms with Crippen molar-refractivity contribution in [3.8, 4) is 0 Å². The molecule has 1 aliphatic rings. The first kappa shape index (κ1) is 15.2. The fourth-order valence-electron chi connectivity index (χ4n) is 3.08. The van der Waals surface area contributed by atoms with Crippen molar-refractivity contribution in [2.45, 2.75) is 37.4 Å². The standard InChI is InChI=1S/C15H21F3N2/c1-20(13-5-3-2-4-6-13)14(11-19)9-7-12(8-10-14)15(16,17)18/h2-6,12H,7-11,19H2,1H3. The zero-order chi connectivity index (χ0) is 14.8. The molecule has 0 amide bonds. The minimum atomic E-state index is -4.08. The second-order valence-corrected chi connectivity index (χ2v) is 5.64. The maximum atomic E-state index is 12.8. The number of benzene rings is 1. The number of hydrogen-bond acceptors (Lipinski definition) is 2. The summed E-state index contributed by atoms with van der Waals surface area (Å²) in [6, 6.07) is 9.71. The van der Waals surface area contributed by atoms with Gasteiger partial charge >= 0.3 is 6.18 Å². The highest BCUT2D eigenvalue weighted by atomic mass is 19.4. The number of rotatable bonds is 3. The first-order chi connectivity index (χ1) is 9.39. The monoisotopic (exact) mass is 286 g/mol. The Morgan fingerprint density at radius 1 is 1.20 bits per heavy atom. The maximum Gasteiger partial charge on any atom is 0.391 e. The van der Waals surface area contributed by atoms with E-state index in [2.05, 4.69) is 4.90 Å². The molecule has 0 spiro atoms. The average Bonchev–Trinajstić information content (AvgIpc) is 2.46. The molecule has 0 heterocycles. The molecule has 112 valence electrons. The summed E-state index contributed by atoms with van der Waals surface area (Å²) in [5.74, 6) is -1.17. The van der Waals surface area contributed by atoms with Crippen molar-refractivity contribution in [1.29, 1.82) is 0 Å². The summed E-state index contributed by atoms with van der Waals surface area (Å²) in [6.45, 7) is 0.378. The first-order valence-electron chi connectivity index (χ1n) is 6.95. The fourth-order valence-corrected chi connectivity index (χ4v) is 3.08. The topological polar surface area (TPSA) is 29.3 Å². The van der Waals surface area contributed by atoms with Crippen LogP contribution in [0.5, 0.6) is 0 Å². The first-order valence-corrected chi connectivity index (χ1v) is 6.95. The van der Waals surface area contributed by atoms with Crippen LogP contribution in [0.2, 0.25) is 0 Å². The molecule has 1 aliphatic carbocycles. The third kappa shape index (κ3) is 2.92. The quantitative estimate of drug-likeness (QED) is 0.920. The van der Waals surface area contributed by atoms with Crippen LogP contribution < -0.4 is 10.6 Å². The molecule has 2 rings (SSSR count). The van der Waals surface area contributed by atoms with Crippen LogP contribution in [0.25, 0.3) is 0 Å². The van der Waals surface area contributed by atoms with Gasteiger partial charge < -0.3 is 10.6 Å². The molecule has 1 fully saturated rings. The van der Waals surface area contributed by atoms with Crippen molar-refractivity contribution in [3.05, 3.63) is 30.3 Å². The number of alkyl halides is 3. The molecule has 1 aromatic rings. The van der Waals surface area contributed by atoms with Gasteiger partial charge in [-0.1, -0.05) is 18.2 Å². The second kappa shape index (κ2) is 5.64. The third-order valence-corrected chi connectivity index (χ3v) is 4.61. The Morgan fingerprint density at radius 3 is 2.20 bits per heavy atom. The van der Waals surface area contributed by atoms with E-state index in [1.54, 1.807) is 0 Å². The molecule has 1 aromatic carbocycles. The van der Waals surface area contributed by atoms with E-state index >= 15 is 0 Å². The van der Waals surface area contributed by atoms with Crippen molar-refractivity contribution in [3.63, 3.8) is 0 Å². The Balaban J connectivity index is 2.13. The van der Waals surface area contributed by atoms with Crippen LogP contribution in [0, 0.1) is 5.92 Å². The van der Waals surface area contributed by atoms with Gasteiger partial charge in [0.25, 0.3) is 0 Å². The van der Waals surface area contributed by atoms with E-state index < -0.39 is 12.1 Å². The maximum absolute atomic E-state index is 12.8. The zero-order valence-electron chi connectivity index (χ0n) is 11.7. The van der Waals surface area contributed by atoms with Crippen molar-refractivity contribution < 1.29 is 13.2 Å². The van der Waals surface area contributed by atoms with E-state index in [0.717, 1.165) is 5.69 Å². The Bertz CT molecular complexity index is 422. The summed E-state index contributed by atoms with van der Waals surface area (Å²) >= 11 is 0. The summed E-state index contributed by atoms with van der Waals surface area (Å²) in [5.41, 5.74) is 6.55. The van der Waals surface area contributed by atoms with Crippen molar-refractivity contribution in [1.82, 2.24) is 0 Å². The van der Waals surface area contributed by atoms with Crippen LogP contribution in [0.1, 0.15) is 25.7 Å². The minimum Gasteiger partial charge on any atom is -0.368 e. The highest BCUT2D eigenvalue weighted by molar-refractivity contribution is 5.48. The van der Waals surface area contributed by atoms with E-state index in [0.29, 0.717) is 19.4 Å². The van der Waals surface area contributed by atoms with E-state index in [1.807, 2.05) is 37.4 Å². The summed E-state index contributed by atoms with van der Waals surface area (Å²) < 4.78 is 38.3. The minimum absolute atomic E-state index is 0.165. The lowest BCUT2D eigenvalue weighted by Gasteiger charge is -2.47. The Labute approximate surface area is 117 Å². The van der Waals surface area contributed by atoms with Crippen LogP contribution in [-0.4, -0.2) is 25.3 Å². The Kier molecular flexibility index (Phi) is 4.28. The number of likely N-dealkylation sites (N-methyl/N-ethyl adjacent to an activating group) is 1. The molecule has 0 unspecified atom stereocenters. The molecule has 0 atom stereocenters. The lowest BCUT2D eigenvalue weighted by Crippen LogP contribution is -2.55. The van der Waals surface area contributed by atoms with Crippen LogP contribution in [0.4, 0.5) is 18.9 Å². The van der Waals surface area contributed by atoms with Gasteiger partial charge in [0.15, 0.2) is 0 Å². The summed E-state index contributed by atoms with van der Waals surface area (Å²) in [6.07, 6.45) is -2.78. The number of halogens is 3. The second-order valence-electron chi connectivity index (χ2n) is 5.64. The molecule has 5 heteroatoms. The average molecular weight is 286 g/mol. The number of para-hydroxylation sites is 1. The van der Waals surface area contributed by atoms with Crippen molar-refractivity contribution in [2.24, 2.45) is 11.7 Å². The SMILES string of the molecule is CN(c1ccccc1)C1(CN)CCC(C(F)(F)F)CC1. The van der Waals surface area contributed by atoms with E-state index in [4.69, 9.17) is 5.73 Å². The van der Waals surface area contributed by atoms with Gasteiger partial charge in [-0.25, -0.2) is 0 Å². The zero-order valence-corrected chi connectivity index (χ0v) is 11.7. The lowest BCUT2D eigenvalue weighted by molar-refractivity contribution is -0.184. The fraction of sp³-hybridized carbons (Fsp3) is 0.600. The predicted octanol–water partition coefficient (Wildman–Crippen LogP) is 3.57. The summed E-state index contributed by atoms with van der Waals surface area (Å²) in [7, 11) is 1.93. The number of hydrogen-bond donors (Lipinski definition) is 1. The van der Waals surface area contributed by atoms with Gasteiger partial charge in [0, 0.05) is 19.3 Å². The molecule has 2 nitrogen and oxygen atoms in total. The molecule has 0 bridgehead atoms. The molecule has 0 aliphatic heterocycles. The highest BCUT2D eigenvalue weighted by Crippen LogP contribution is 2.43. The number of nitrogens with two attached hydrogens (primary N) is 1. The van der Waals surface area contributed by atoms with Gasteiger partial charge in [0.05, 0.1) is 11.5 Å². The predicted molar refractivity (Wildman–Crippen MR) is 74.6 cm³/mol. The molecular weight excluding hydrogens is 265 g/mol. The Morgan fingerprint density at radius 2 is 1.75 bits per heavy atom. The normalized spacial score (nSPS) is 27.4. The van der Waals surface area contributed by atoms with Gasteiger partial charge in [-0.15, -0.1) is 0 Å². The van der Waals surface area contributed by atoms with Gasteiger partial charge in [-0.05, 0) is 37.8 Å². The summed E-state index contributed by atoms with van der Waals surface area (Å²) in [4.78, 5) is 2.06. The van der Waals surface area contributed by atoms with Gasteiger partial charge in [0.2, 0.25) is 0 Å². The molecule has 2 N–H and O–H groups in total. The van der Waals surface area contributed by atoms with Crippen molar-refractivity contribution >= 4 is 5.69 Å². The van der Waals surface area contributed by atoms with Crippen molar-refractivity contribution in [2.75, 3.05) is 18.5 Å².